The highest BCUT2D eigenvalue weighted by atomic mass is 35.5. The van der Waals surface area contributed by atoms with E-state index in [4.69, 9.17) is 16.7 Å². The maximum Gasteiger partial charge on any atom is 0.319 e. The lowest BCUT2D eigenvalue weighted by Crippen LogP contribution is -2.30. The molecule has 1 aromatic rings. The number of carboxylic acids is 1. The number of carbonyl (C=O) groups excluding carboxylic acids is 1. The Bertz CT molecular complexity index is 503. The maximum absolute atomic E-state index is 13.4. The summed E-state index contributed by atoms with van der Waals surface area (Å²) in [6.07, 6.45) is 1.86. The van der Waals surface area contributed by atoms with Crippen molar-refractivity contribution >= 4 is 29.3 Å². The third-order valence-electron chi connectivity index (χ3n) is 2.60. The van der Waals surface area contributed by atoms with Crippen molar-refractivity contribution in [3.05, 3.63) is 28.8 Å². The van der Waals surface area contributed by atoms with Gasteiger partial charge in [-0.25, -0.2) is 13.6 Å². The number of carbonyl (C=O) groups is 2. The number of unbranched alkanes of at least 4 members (excludes halogenated alkanes) is 2. The lowest BCUT2D eigenvalue weighted by Gasteiger charge is -2.10. The Morgan fingerprint density at radius 2 is 1.90 bits per heavy atom. The molecule has 1 rings (SSSR count). The van der Waals surface area contributed by atoms with Crippen LogP contribution in [-0.2, 0) is 4.79 Å². The van der Waals surface area contributed by atoms with Gasteiger partial charge < -0.3 is 15.7 Å². The molecule has 0 aromatic heterocycles. The summed E-state index contributed by atoms with van der Waals surface area (Å²) in [5.41, 5.74) is -0.290. The molecular weight excluding hydrogens is 306 g/mol. The van der Waals surface area contributed by atoms with Crippen LogP contribution in [0.3, 0.4) is 0 Å². The molecule has 0 atom stereocenters. The molecule has 0 bridgehead atoms. The second-order valence-electron chi connectivity index (χ2n) is 4.33. The lowest BCUT2D eigenvalue weighted by molar-refractivity contribution is -0.137. The van der Waals surface area contributed by atoms with Gasteiger partial charge in [0.2, 0.25) is 0 Å². The molecule has 0 saturated carbocycles. The molecule has 0 saturated heterocycles. The number of benzene rings is 1. The van der Waals surface area contributed by atoms with Gasteiger partial charge in [0.15, 0.2) is 5.82 Å². The van der Waals surface area contributed by atoms with Crippen LogP contribution < -0.4 is 10.6 Å². The average Bonchev–Trinajstić information content (AvgIpc) is 2.37. The van der Waals surface area contributed by atoms with Crippen molar-refractivity contribution in [1.29, 1.82) is 0 Å². The minimum Gasteiger partial charge on any atom is -0.481 e. The molecule has 0 aliphatic carbocycles. The summed E-state index contributed by atoms with van der Waals surface area (Å²) < 4.78 is 26.2. The zero-order chi connectivity index (χ0) is 15.8. The zero-order valence-electron chi connectivity index (χ0n) is 11.1. The van der Waals surface area contributed by atoms with Crippen LogP contribution in [0.2, 0.25) is 5.02 Å². The van der Waals surface area contributed by atoms with Crippen molar-refractivity contribution in [2.45, 2.75) is 25.7 Å². The van der Waals surface area contributed by atoms with Crippen LogP contribution in [0.15, 0.2) is 12.1 Å². The maximum atomic E-state index is 13.4. The van der Waals surface area contributed by atoms with Gasteiger partial charge in [-0.1, -0.05) is 18.0 Å². The number of urea groups is 1. The Balaban J connectivity index is 2.33. The molecule has 0 aliphatic heterocycles. The van der Waals surface area contributed by atoms with Crippen LogP contribution in [0.1, 0.15) is 25.7 Å². The number of amides is 2. The number of hydrogen-bond acceptors (Lipinski definition) is 2. The molecule has 116 valence electrons. The highest BCUT2D eigenvalue weighted by Gasteiger charge is 2.12. The van der Waals surface area contributed by atoms with E-state index in [1.54, 1.807) is 0 Å². The molecule has 0 unspecified atom stereocenters. The van der Waals surface area contributed by atoms with Crippen LogP contribution in [-0.4, -0.2) is 23.7 Å². The average molecular weight is 321 g/mol. The fourth-order valence-corrected chi connectivity index (χ4v) is 1.84. The van der Waals surface area contributed by atoms with Gasteiger partial charge in [0.1, 0.15) is 5.82 Å². The number of hydrogen-bond donors (Lipinski definition) is 3. The second-order valence-corrected chi connectivity index (χ2v) is 4.74. The minimum absolute atomic E-state index is 0.0859. The Hall–Kier alpha value is -1.89. The highest BCUT2D eigenvalue weighted by Crippen LogP contribution is 2.26. The fraction of sp³-hybridized carbons (Fsp3) is 0.385. The third-order valence-corrected chi connectivity index (χ3v) is 2.90. The third kappa shape index (κ3) is 6.40. The second kappa shape index (κ2) is 8.41. The van der Waals surface area contributed by atoms with E-state index < -0.39 is 23.6 Å². The van der Waals surface area contributed by atoms with Gasteiger partial charge in [-0.2, -0.15) is 0 Å². The van der Waals surface area contributed by atoms with E-state index in [-0.39, 0.29) is 17.1 Å². The first-order valence-corrected chi connectivity index (χ1v) is 6.69. The van der Waals surface area contributed by atoms with Crippen molar-refractivity contribution in [3.63, 3.8) is 0 Å². The molecule has 0 fully saturated rings. The first-order chi connectivity index (χ1) is 9.90. The van der Waals surface area contributed by atoms with E-state index in [9.17, 15) is 18.4 Å². The topological polar surface area (TPSA) is 78.4 Å². The van der Waals surface area contributed by atoms with Gasteiger partial charge in [-0.15, -0.1) is 0 Å². The monoisotopic (exact) mass is 320 g/mol. The van der Waals surface area contributed by atoms with Crippen molar-refractivity contribution in [2.75, 3.05) is 11.9 Å². The quantitative estimate of drug-likeness (QED) is 0.674. The van der Waals surface area contributed by atoms with Crippen LogP contribution in [0.5, 0.6) is 0 Å². The summed E-state index contributed by atoms with van der Waals surface area (Å²) in [5.74, 6) is -2.65. The van der Waals surface area contributed by atoms with E-state index in [0.717, 1.165) is 6.07 Å². The largest absolute Gasteiger partial charge is 0.481 e. The molecule has 2 amide bonds. The first-order valence-electron chi connectivity index (χ1n) is 6.31. The van der Waals surface area contributed by atoms with Gasteiger partial charge >= 0.3 is 12.0 Å². The predicted molar refractivity (Wildman–Crippen MR) is 74.5 cm³/mol. The van der Waals surface area contributed by atoms with Crippen molar-refractivity contribution < 1.29 is 23.5 Å². The number of nitrogens with one attached hydrogen (secondary N) is 2. The SMILES string of the molecule is O=C(O)CCCCCNC(=O)Nc1c(F)cc(F)cc1Cl. The number of aliphatic carboxylic acids is 1. The van der Waals surface area contributed by atoms with Gasteiger partial charge in [-0.3, -0.25) is 4.79 Å². The molecule has 0 aliphatic rings. The number of anilines is 1. The number of carboxylic acid groups (broad SMARTS) is 1. The van der Waals surface area contributed by atoms with Gasteiger partial charge in [-0.05, 0) is 18.9 Å². The molecule has 0 radical (unpaired) electrons. The summed E-state index contributed by atoms with van der Waals surface area (Å²) in [4.78, 5) is 21.8. The lowest BCUT2D eigenvalue weighted by atomic mass is 10.2. The van der Waals surface area contributed by atoms with Crippen molar-refractivity contribution in [3.8, 4) is 0 Å². The van der Waals surface area contributed by atoms with E-state index in [2.05, 4.69) is 10.6 Å². The van der Waals surface area contributed by atoms with Crippen LogP contribution in [0.25, 0.3) is 0 Å². The van der Waals surface area contributed by atoms with Gasteiger partial charge in [0.05, 0.1) is 10.7 Å². The smallest absolute Gasteiger partial charge is 0.319 e. The molecule has 3 N–H and O–H groups in total. The van der Waals surface area contributed by atoms with E-state index in [0.29, 0.717) is 31.9 Å². The molecule has 5 nitrogen and oxygen atoms in total. The normalized spacial score (nSPS) is 10.2. The molecule has 1 aromatic carbocycles. The van der Waals surface area contributed by atoms with Crippen molar-refractivity contribution in [2.24, 2.45) is 0 Å². The van der Waals surface area contributed by atoms with Crippen LogP contribution in [0.4, 0.5) is 19.3 Å². The highest BCUT2D eigenvalue weighted by molar-refractivity contribution is 6.33. The fourth-order valence-electron chi connectivity index (χ4n) is 1.60. The summed E-state index contributed by atoms with van der Waals surface area (Å²) in [6, 6.07) is 0.847. The van der Waals surface area contributed by atoms with Gasteiger partial charge in [0.25, 0.3) is 0 Å². The number of halogens is 3. The Morgan fingerprint density at radius 3 is 2.52 bits per heavy atom. The molecule has 0 heterocycles. The summed E-state index contributed by atoms with van der Waals surface area (Å²) in [5, 5.41) is 12.9. The van der Waals surface area contributed by atoms with E-state index >= 15 is 0 Å². The zero-order valence-corrected chi connectivity index (χ0v) is 11.8. The predicted octanol–water partition coefficient (Wildman–Crippen LogP) is 3.38. The van der Waals surface area contributed by atoms with Crippen LogP contribution >= 0.6 is 11.6 Å². The first kappa shape index (κ1) is 17.2. The number of rotatable bonds is 7. The van der Waals surface area contributed by atoms with E-state index in [1.165, 1.54) is 0 Å². The summed E-state index contributed by atoms with van der Waals surface area (Å²) >= 11 is 5.63. The summed E-state index contributed by atoms with van der Waals surface area (Å²) in [6.45, 7) is 0.311. The molecule has 21 heavy (non-hydrogen) atoms. The van der Waals surface area contributed by atoms with Crippen molar-refractivity contribution in [1.82, 2.24) is 5.32 Å². The van der Waals surface area contributed by atoms with E-state index in [1.807, 2.05) is 0 Å². The van der Waals surface area contributed by atoms with Crippen LogP contribution in [0, 0.1) is 11.6 Å². The molecule has 8 heteroatoms. The Kier molecular flexibility index (Phi) is 6.87. The Labute approximate surface area is 125 Å². The standard InChI is InChI=1S/C13H15ClF2N2O3/c14-9-6-8(15)7-10(16)12(9)18-13(21)17-5-3-1-2-4-11(19)20/h6-7H,1-5H2,(H,19,20)(H2,17,18,21). The van der Waals surface area contributed by atoms with Gasteiger partial charge in [0, 0.05) is 19.0 Å². The molecule has 0 spiro atoms. The molecular formula is C13H15ClF2N2O3. The minimum atomic E-state index is -0.961. The Morgan fingerprint density at radius 1 is 1.19 bits per heavy atom. The summed E-state index contributed by atoms with van der Waals surface area (Å²) in [7, 11) is 0.